The number of hydrogen-bond donors (Lipinski definition) is 2. The number of likely N-dealkylation sites (tertiary alicyclic amines) is 1. The number of carbonyl (C=O) groups is 1. The fourth-order valence-electron chi connectivity index (χ4n) is 5.07. The van der Waals surface area contributed by atoms with Crippen molar-refractivity contribution in [1.82, 2.24) is 29.4 Å². The van der Waals surface area contributed by atoms with E-state index in [1.165, 1.54) is 16.8 Å². The summed E-state index contributed by atoms with van der Waals surface area (Å²) in [4.78, 5) is 18.8. The molecule has 3 aromatic heterocycles. The van der Waals surface area contributed by atoms with Gasteiger partial charge in [-0.1, -0.05) is 5.92 Å². The first-order valence-corrected chi connectivity index (χ1v) is 14.3. The van der Waals surface area contributed by atoms with E-state index in [9.17, 15) is 18.0 Å². The van der Waals surface area contributed by atoms with E-state index < -0.39 is 23.6 Å². The molecule has 3 aromatic rings. The van der Waals surface area contributed by atoms with Crippen LogP contribution in [0.1, 0.15) is 22.5 Å². The van der Waals surface area contributed by atoms with Crippen LogP contribution in [0, 0.1) is 17.8 Å². The van der Waals surface area contributed by atoms with Crippen LogP contribution in [0.5, 0.6) is 0 Å². The third kappa shape index (κ3) is 7.54. The quantitative estimate of drug-likeness (QED) is 0.247. The van der Waals surface area contributed by atoms with Gasteiger partial charge >= 0.3 is 5.51 Å². The molecule has 0 saturated carbocycles. The van der Waals surface area contributed by atoms with Gasteiger partial charge in [-0.25, -0.2) is 9.37 Å². The Hall–Kier alpha value is -3.32. The van der Waals surface area contributed by atoms with Crippen molar-refractivity contribution in [2.45, 2.75) is 35.7 Å². The molecule has 4 bridgehead atoms. The van der Waals surface area contributed by atoms with E-state index >= 15 is 4.39 Å². The number of rotatable bonds is 1. The molecule has 3 atom stereocenters. The monoisotopic (exact) mass is 609 g/mol. The molecule has 0 radical (unpaired) electrons. The van der Waals surface area contributed by atoms with Crippen molar-refractivity contribution in [1.29, 1.82) is 0 Å². The molecule has 1 fully saturated rings. The number of piperidine rings is 1. The van der Waals surface area contributed by atoms with Crippen LogP contribution in [-0.4, -0.2) is 101 Å². The molecular weight excluding hydrogens is 578 g/mol. The van der Waals surface area contributed by atoms with Gasteiger partial charge in [0.25, 0.3) is 5.91 Å². The summed E-state index contributed by atoms with van der Waals surface area (Å²) in [6.07, 6.45) is 3.80. The standard InChI is InChI=1S/C27H31F4N7O3S/c1-36-15-18-6-10-40-12-13-41-11-9-37-16-19(14-33-37)25(39)32-7-2-4-22-26(42-27(29,30)31)38-8-3-5-21(24(38)35-22)34-23(18)20(28)17-36/h3,5,8,14,16,18,20,23,34H,6-7,9-13,15,17H2,1H3,(H,32,39). The molecule has 42 heavy (non-hydrogen) atoms. The van der Waals surface area contributed by atoms with E-state index in [2.05, 4.69) is 32.6 Å². The summed E-state index contributed by atoms with van der Waals surface area (Å²) in [5.41, 5.74) is -3.79. The van der Waals surface area contributed by atoms with E-state index in [-0.39, 0.29) is 47.1 Å². The van der Waals surface area contributed by atoms with E-state index in [0.717, 1.165) is 0 Å². The van der Waals surface area contributed by atoms with Crippen LogP contribution in [-0.2, 0) is 16.0 Å². The summed E-state index contributed by atoms with van der Waals surface area (Å²) in [7, 11) is 1.85. The van der Waals surface area contributed by atoms with Crippen LogP contribution in [0.3, 0.4) is 0 Å². The molecule has 5 heterocycles. The molecule has 1 amide bonds. The predicted octanol–water partition coefficient (Wildman–Crippen LogP) is 3.04. The van der Waals surface area contributed by atoms with Crippen LogP contribution in [0.25, 0.3) is 5.65 Å². The molecule has 2 aliphatic rings. The van der Waals surface area contributed by atoms with Gasteiger partial charge in [-0.05, 0) is 37.4 Å². The number of aromatic nitrogens is 4. The number of thioether (sulfide) groups is 1. The highest BCUT2D eigenvalue weighted by molar-refractivity contribution is 8.00. The fourth-order valence-corrected chi connectivity index (χ4v) is 5.73. The number of ether oxygens (including phenoxy) is 2. The Balaban J connectivity index is 1.47. The molecule has 2 N–H and O–H groups in total. The number of nitrogens with zero attached hydrogens (tertiary/aromatic N) is 5. The van der Waals surface area contributed by atoms with Crippen molar-refractivity contribution in [2.75, 3.05) is 58.4 Å². The van der Waals surface area contributed by atoms with Gasteiger partial charge in [-0.3, -0.25) is 13.9 Å². The topological polar surface area (TPSA) is 98.0 Å². The van der Waals surface area contributed by atoms with Gasteiger partial charge in [-0.2, -0.15) is 18.3 Å². The smallest absolute Gasteiger partial charge is 0.379 e. The molecule has 5 rings (SSSR count). The molecule has 15 heteroatoms. The molecule has 2 aliphatic heterocycles. The fraction of sp³-hybridized carbons (Fsp3) is 0.519. The zero-order valence-corrected chi connectivity index (χ0v) is 23.7. The molecule has 0 spiro atoms. The van der Waals surface area contributed by atoms with Crippen molar-refractivity contribution in [3.8, 4) is 11.8 Å². The van der Waals surface area contributed by atoms with Gasteiger partial charge in [0.15, 0.2) is 5.65 Å². The summed E-state index contributed by atoms with van der Waals surface area (Å²) >= 11 is -0.328. The van der Waals surface area contributed by atoms with Gasteiger partial charge in [0.1, 0.15) is 16.9 Å². The van der Waals surface area contributed by atoms with E-state index in [4.69, 9.17) is 9.47 Å². The lowest BCUT2D eigenvalue weighted by Gasteiger charge is -2.40. The van der Waals surface area contributed by atoms with Crippen molar-refractivity contribution in [3.05, 3.63) is 42.0 Å². The highest BCUT2D eigenvalue weighted by Crippen LogP contribution is 2.40. The van der Waals surface area contributed by atoms with Crippen molar-refractivity contribution < 1.29 is 31.8 Å². The summed E-state index contributed by atoms with van der Waals surface area (Å²) in [6.45, 7) is 2.65. The summed E-state index contributed by atoms with van der Waals surface area (Å²) in [5.74, 6) is 4.82. The van der Waals surface area contributed by atoms with Crippen LogP contribution in [0.15, 0.2) is 35.7 Å². The Labute approximate surface area is 244 Å². The molecule has 1 saturated heterocycles. The molecule has 3 unspecified atom stereocenters. The number of carbonyl (C=O) groups excluding carboxylic acids is 1. The van der Waals surface area contributed by atoms with E-state index in [1.807, 2.05) is 11.9 Å². The van der Waals surface area contributed by atoms with Crippen LogP contribution in [0.4, 0.5) is 23.2 Å². The predicted molar refractivity (Wildman–Crippen MR) is 148 cm³/mol. The number of imidazole rings is 1. The highest BCUT2D eigenvalue weighted by atomic mass is 32.2. The molecule has 226 valence electrons. The Bertz CT molecular complexity index is 1450. The van der Waals surface area contributed by atoms with Crippen molar-refractivity contribution >= 4 is 29.0 Å². The van der Waals surface area contributed by atoms with Crippen molar-refractivity contribution in [2.24, 2.45) is 5.92 Å². The van der Waals surface area contributed by atoms with Crippen LogP contribution >= 0.6 is 11.8 Å². The summed E-state index contributed by atoms with van der Waals surface area (Å²) < 4.78 is 70.3. The molecule has 10 nitrogen and oxygen atoms in total. The second-order valence-electron chi connectivity index (χ2n) is 10.1. The second-order valence-corrected chi connectivity index (χ2v) is 11.1. The molecule has 0 aliphatic carbocycles. The number of nitrogens with one attached hydrogen (secondary N) is 2. The third-order valence-corrected chi connectivity index (χ3v) is 7.79. The third-order valence-electron chi connectivity index (χ3n) is 6.98. The Morgan fingerprint density at radius 3 is 2.79 bits per heavy atom. The van der Waals surface area contributed by atoms with Crippen molar-refractivity contribution in [3.63, 3.8) is 0 Å². The van der Waals surface area contributed by atoms with E-state index in [0.29, 0.717) is 57.2 Å². The number of pyridine rings is 1. The van der Waals surface area contributed by atoms with Gasteiger partial charge < -0.3 is 25.0 Å². The number of hydrogen-bond acceptors (Lipinski definition) is 8. The zero-order valence-electron chi connectivity index (χ0n) is 22.9. The number of anilines is 1. The maximum Gasteiger partial charge on any atom is 0.447 e. The first kappa shape index (κ1) is 30.1. The Morgan fingerprint density at radius 2 is 1.98 bits per heavy atom. The lowest BCUT2D eigenvalue weighted by Crippen LogP contribution is -2.53. The lowest BCUT2D eigenvalue weighted by molar-refractivity contribution is -0.0330. The molecule has 0 aromatic carbocycles. The first-order chi connectivity index (χ1) is 20.2. The molecular formula is C27H31F4N7O3S. The number of alkyl halides is 4. The average Bonchev–Trinajstić information content (AvgIpc) is 3.54. The lowest BCUT2D eigenvalue weighted by atomic mass is 9.88. The zero-order chi connectivity index (χ0) is 29.7. The average molecular weight is 610 g/mol. The van der Waals surface area contributed by atoms with Gasteiger partial charge in [0.2, 0.25) is 0 Å². The largest absolute Gasteiger partial charge is 0.447 e. The first-order valence-electron chi connectivity index (χ1n) is 13.5. The van der Waals surface area contributed by atoms with Crippen LogP contribution in [0.2, 0.25) is 0 Å². The minimum atomic E-state index is -4.60. The normalized spacial score (nSPS) is 23.5. The van der Waals surface area contributed by atoms with Gasteiger partial charge in [0.05, 0.1) is 56.4 Å². The minimum Gasteiger partial charge on any atom is -0.379 e. The minimum absolute atomic E-state index is 0.0999. The van der Waals surface area contributed by atoms with Crippen LogP contribution < -0.4 is 10.6 Å². The number of fused-ring (bicyclic) bond motifs is 4. The summed E-state index contributed by atoms with van der Waals surface area (Å²) in [6, 6.07) is 2.64. The second kappa shape index (κ2) is 13.3. The van der Waals surface area contributed by atoms with Gasteiger partial charge in [0, 0.05) is 43.9 Å². The number of halogens is 4. The Kier molecular flexibility index (Phi) is 9.57. The SMILES string of the molecule is CN1CC(F)C2Nc3cccn4c(SC(F)(F)F)c(nc34)C#CCNC(=O)c3cnn(c3)CCOCCOCCC2C1. The summed E-state index contributed by atoms with van der Waals surface area (Å²) in [5, 5.41) is 9.80. The maximum atomic E-state index is 15.4. The van der Waals surface area contributed by atoms with E-state index in [1.54, 1.807) is 23.0 Å². The van der Waals surface area contributed by atoms with Gasteiger partial charge in [-0.15, -0.1) is 0 Å². The Morgan fingerprint density at radius 1 is 1.17 bits per heavy atom. The number of amides is 1. The highest BCUT2D eigenvalue weighted by Gasteiger charge is 2.37. The maximum absolute atomic E-state index is 15.4.